The van der Waals surface area contributed by atoms with E-state index in [0.29, 0.717) is 25.9 Å². The first-order valence-electron chi connectivity index (χ1n) is 33.3. The minimum atomic E-state index is -1.80. The molecule has 1 unspecified atom stereocenters. The summed E-state index contributed by atoms with van der Waals surface area (Å²) in [5.74, 6) is -9.82. The summed E-state index contributed by atoms with van der Waals surface area (Å²) in [6.45, 7) is 30.9. The van der Waals surface area contributed by atoms with Crippen molar-refractivity contribution in [2.24, 2.45) is 41.4 Å². The van der Waals surface area contributed by atoms with Crippen molar-refractivity contribution in [2.75, 3.05) is 76.0 Å². The molecule has 0 aromatic carbocycles. The molecule has 526 valence electrons. The fourth-order valence-electron chi connectivity index (χ4n) is 12.1. The first-order chi connectivity index (χ1) is 42.5. The van der Waals surface area contributed by atoms with Crippen LogP contribution in [-0.2, 0) is 52.7 Å². The van der Waals surface area contributed by atoms with E-state index in [-0.39, 0.29) is 61.0 Å². The quantitative estimate of drug-likeness (QED) is 0.129. The number of amides is 11. The maximum atomic E-state index is 16.3. The van der Waals surface area contributed by atoms with Crippen LogP contribution in [0.2, 0.25) is 0 Å². The standard InChI is InChI=1S/C67H120N12O12S/c1-26-28-29-44(15)56(81)55-60(85)70-48(27-2)62(87)73(19)37-53(80)74(20)49(32-38(3)4)59(84)71-54(42(11)12)65(90)75(21)50(33-39(5)6)58(83)68-45(16)57(82)69-46(17)61(86)76(22)51(34-40(7)8)63(88)77(23)52(35-41(9)10)64(89)79(25)67(43(13)14,66(91)78(55)24)92-47-30-31-72(18)36-47/h26,28,38-52,54-56,81H,27,29-37H2,1-25H3,(H,68,83)(H,69,82)(H,70,85)(H,71,84)/b28-26+/t44-,45+,46-,47?,48+,49+,50+,51+,52+,54+,55+,56-,67+/m1/s1. The van der Waals surface area contributed by atoms with E-state index in [4.69, 9.17) is 0 Å². The topological polar surface area (TPSA) is 282 Å². The van der Waals surface area contributed by atoms with Gasteiger partial charge in [0, 0.05) is 61.1 Å². The molecule has 25 heteroatoms. The van der Waals surface area contributed by atoms with E-state index in [1.54, 1.807) is 47.6 Å². The van der Waals surface area contributed by atoms with E-state index < -0.39 is 155 Å². The average molecular weight is 1320 g/mol. The van der Waals surface area contributed by atoms with Crippen LogP contribution in [0.15, 0.2) is 12.2 Å². The molecule has 24 nitrogen and oxygen atoms in total. The lowest BCUT2D eigenvalue weighted by Crippen LogP contribution is -2.68. The minimum Gasteiger partial charge on any atom is -0.390 e. The monoisotopic (exact) mass is 1320 g/mol. The SMILES string of the molecule is C/C=C/C[C@@H](C)[C@@H](O)[C@H]1C(=O)N[C@@H](CC)C(=O)N(C)CC(=O)N(C)[C@@H](CC(C)C)C(=O)N[C@@H](C(C)C)C(=O)N(C)[C@@H](CC(C)C)C(=O)N[C@@H](C)C(=O)N[C@H](C)C(=O)N(C)[C@@H](CC(C)C)C(=O)N(C)[C@@H](CC(C)C)C(=O)N(C)[C@](SC2CCN(C)C2)(C(C)C)C(=O)N1C. The molecule has 11 amide bonds. The minimum absolute atomic E-state index is 0.0153. The van der Waals surface area contributed by atoms with E-state index in [2.05, 4.69) is 26.2 Å². The predicted molar refractivity (Wildman–Crippen MR) is 361 cm³/mol. The molecule has 5 N–H and O–H groups in total. The number of thioether (sulfide) groups is 1. The molecule has 0 saturated carbocycles. The van der Waals surface area contributed by atoms with Gasteiger partial charge in [-0.05, 0) is 121 Å². The second-order valence-corrected chi connectivity index (χ2v) is 30.0. The molecule has 2 aliphatic heterocycles. The number of carbonyl (C=O) groups is 11. The van der Waals surface area contributed by atoms with Crippen LogP contribution in [0.25, 0.3) is 0 Å². The third-order valence-corrected chi connectivity index (χ3v) is 20.0. The predicted octanol–water partition coefficient (Wildman–Crippen LogP) is 4.03. The number of allylic oxidation sites excluding steroid dienone is 2. The molecular weight excluding hydrogens is 1200 g/mol. The number of hydrogen-bond acceptors (Lipinski definition) is 14. The molecule has 0 aliphatic carbocycles. The Balaban J connectivity index is 3.13. The highest BCUT2D eigenvalue weighted by atomic mass is 32.2. The molecule has 2 heterocycles. The zero-order valence-corrected chi connectivity index (χ0v) is 61.4. The highest BCUT2D eigenvalue weighted by Gasteiger charge is 2.55. The lowest BCUT2D eigenvalue weighted by molar-refractivity contribution is -0.159. The van der Waals surface area contributed by atoms with Gasteiger partial charge in [-0.3, -0.25) is 52.7 Å². The molecule has 2 rings (SSSR count). The third-order valence-electron chi connectivity index (χ3n) is 18.0. The average Bonchev–Trinajstić information content (AvgIpc) is 0.916. The van der Waals surface area contributed by atoms with Crippen LogP contribution in [-0.4, -0.2) is 256 Å². The summed E-state index contributed by atoms with van der Waals surface area (Å²) in [5.41, 5.74) is 0. The summed E-state index contributed by atoms with van der Waals surface area (Å²) in [4.78, 5) is 173. The Hall–Kier alpha value is -5.82. The molecule has 0 aromatic heterocycles. The molecule has 92 heavy (non-hydrogen) atoms. The Morgan fingerprint density at radius 3 is 1.49 bits per heavy atom. The zero-order valence-electron chi connectivity index (χ0n) is 60.5. The van der Waals surface area contributed by atoms with Gasteiger partial charge in [0.15, 0.2) is 4.87 Å². The van der Waals surface area contributed by atoms with Crippen LogP contribution in [0.3, 0.4) is 0 Å². The summed E-state index contributed by atoms with van der Waals surface area (Å²) in [7, 11) is 12.1. The summed E-state index contributed by atoms with van der Waals surface area (Å²) < 4.78 is 0. The third kappa shape index (κ3) is 21.6. The number of likely N-dealkylation sites (tertiary alicyclic amines) is 1. The van der Waals surface area contributed by atoms with Crippen molar-refractivity contribution < 1.29 is 57.8 Å². The zero-order chi connectivity index (χ0) is 70.9. The Morgan fingerprint density at radius 2 is 1.02 bits per heavy atom. The second-order valence-electron chi connectivity index (χ2n) is 28.5. The summed E-state index contributed by atoms with van der Waals surface area (Å²) >= 11 is 1.29. The molecule has 0 bridgehead atoms. The molecule has 0 radical (unpaired) electrons. The van der Waals surface area contributed by atoms with Crippen LogP contribution in [0.1, 0.15) is 163 Å². The smallest absolute Gasteiger partial charge is 0.259 e. The van der Waals surface area contributed by atoms with Crippen molar-refractivity contribution >= 4 is 76.7 Å². The molecule has 2 aliphatic rings. The Labute approximate surface area is 555 Å². The molecule has 0 spiro atoms. The van der Waals surface area contributed by atoms with Gasteiger partial charge < -0.3 is 65.6 Å². The van der Waals surface area contributed by atoms with Gasteiger partial charge in [0.1, 0.15) is 54.4 Å². The lowest BCUT2D eigenvalue weighted by atomic mass is 9.91. The summed E-state index contributed by atoms with van der Waals surface area (Å²) in [6, 6.07) is -11.2. The maximum Gasteiger partial charge on any atom is 0.259 e. The van der Waals surface area contributed by atoms with E-state index in [1.165, 1.54) is 104 Å². The largest absolute Gasteiger partial charge is 0.390 e. The van der Waals surface area contributed by atoms with Gasteiger partial charge in [0.05, 0.1) is 12.6 Å². The number of rotatable bonds is 17. The van der Waals surface area contributed by atoms with E-state index in [1.807, 2.05) is 75.4 Å². The fraction of sp³-hybridized carbons (Fsp3) is 0.806. The van der Waals surface area contributed by atoms with Gasteiger partial charge in [-0.15, -0.1) is 11.8 Å². The van der Waals surface area contributed by atoms with E-state index >= 15 is 19.2 Å². The molecule has 13 atom stereocenters. The first-order valence-corrected chi connectivity index (χ1v) is 34.2. The van der Waals surface area contributed by atoms with E-state index in [0.717, 1.165) is 4.90 Å². The Kier molecular flexibility index (Phi) is 32.9. The van der Waals surface area contributed by atoms with Crippen LogP contribution in [0, 0.1) is 41.4 Å². The normalized spacial score (nSPS) is 28.5. The van der Waals surface area contributed by atoms with E-state index in [9.17, 15) is 38.7 Å². The molecule has 2 fully saturated rings. The summed E-state index contributed by atoms with van der Waals surface area (Å²) in [5, 5.41) is 23.4. The van der Waals surface area contributed by atoms with Crippen LogP contribution in [0.4, 0.5) is 0 Å². The van der Waals surface area contributed by atoms with Crippen LogP contribution >= 0.6 is 11.8 Å². The lowest BCUT2D eigenvalue weighted by Gasteiger charge is -2.49. The number of likely N-dealkylation sites (N-methyl/N-ethyl adjacent to an activating group) is 7. The van der Waals surface area contributed by atoms with Gasteiger partial charge >= 0.3 is 0 Å². The van der Waals surface area contributed by atoms with Crippen molar-refractivity contribution in [3.8, 4) is 0 Å². The van der Waals surface area contributed by atoms with Crippen molar-refractivity contribution in [1.82, 2.24) is 60.5 Å². The van der Waals surface area contributed by atoms with Crippen LogP contribution in [0.5, 0.6) is 0 Å². The van der Waals surface area contributed by atoms with Crippen LogP contribution < -0.4 is 21.3 Å². The number of nitrogens with one attached hydrogen (secondary N) is 4. The van der Waals surface area contributed by atoms with Crippen molar-refractivity contribution in [2.45, 2.75) is 233 Å². The Bertz CT molecular complexity index is 2570. The molecule has 0 aromatic rings. The van der Waals surface area contributed by atoms with Gasteiger partial charge in [0.25, 0.3) is 5.91 Å². The van der Waals surface area contributed by atoms with Gasteiger partial charge in [-0.2, -0.15) is 0 Å². The number of hydrogen-bond donors (Lipinski definition) is 5. The van der Waals surface area contributed by atoms with Crippen molar-refractivity contribution in [3.63, 3.8) is 0 Å². The maximum absolute atomic E-state index is 16.3. The van der Waals surface area contributed by atoms with Crippen molar-refractivity contribution in [1.29, 1.82) is 0 Å². The number of carbonyl (C=O) groups excluding carboxylic acids is 11. The highest BCUT2D eigenvalue weighted by Crippen LogP contribution is 2.44. The number of aliphatic hydroxyl groups excluding tert-OH is 1. The van der Waals surface area contributed by atoms with Gasteiger partial charge in [-0.1, -0.05) is 109 Å². The van der Waals surface area contributed by atoms with Gasteiger partial charge in [-0.25, -0.2) is 0 Å². The van der Waals surface area contributed by atoms with Crippen molar-refractivity contribution in [3.05, 3.63) is 12.2 Å². The fourth-order valence-corrected chi connectivity index (χ4v) is 13.9. The molecular formula is C67H120N12O12S. The number of nitrogens with zero attached hydrogens (tertiary/aromatic N) is 8. The first kappa shape index (κ1) is 82.3. The molecule has 2 saturated heterocycles. The highest BCUT2D eigenvalue weighted by molar-refractivity contribution is 8.02. The summed E-state index contributed by atoms with van der Waals surface area (Å²) in [6.07, 6.45) is 3.65. The van der Waals surface area contributed by atoms with Gasteiger partial charge in [0.2, 0.25) is 59.1 Å². The second kappa shape index (κ2) is 36.7. The Morgan fingerprint density at radius 1 is 0.554 bits per heavy atom. The number of aliphatic hydroxyl groups is 1.